The molecule has 122 valence electrons. The molecule has 0 aliphatic carbocycles. The zero-order chi connectivity index (χ0) is 16.0. The topological polar surface area (TPSA) is 113 Å². The van der Waals surface area contributed by atoms with E-state index in [2.05, 4.69) is 9.97 Å². The smallest absolute Gasteiger partial charge is 0.221 e. The Labute approximate surface area is 130 Å². The highest BCUT2D eigenvalue weighted by atomic mass is 32.2. The van der Waals surface area contributed by atoms with Gasteiger partial charge in [-0.1, -0.05) is 0 Å². The van der Waals surface area contributed by atoms with Crippen molar-refractivity contribution in [3.63, 3.8) is 0 Å². The maximum Gasteiger partial charge on any atom is 0.221 e. The molecular weight excluding hydrogens is 306 g/mol. The van der Waals surface area contributed by atoms with Gasteiger partial charge in [0, 0.05) is 38.3 Å². The van der Waals surface area contributed by atoms with Crippen LogP contribution in [0, 0.1) is 5.92 Å². The van der Waals surface area contributed by atoms with Crippen LogP contribution in [0.5, 0.6) is 0 Å². The number of aliphatic hydroxyl groups is 1. The summed E-state index contributed by atoms with van der Waals surface area (Å²) in [5.74, 6) is 0.784. The molecule has 0 unspecified atom stereocenters. The molecule has 0 amide bonds. The zero-order valence-corrected chi connectivity index (χ0v) is 13.3. The first-order chi connectivity index (χ1) is 10.3. The van der Waals surface area contributed by atoms with Crippen molar-refractivity contribution >= 4 is 21.8 Å². The number of hydrogen-bond acceptors (Lipinski definition) is 7. The number of piperidine rings is 2. The number of fused-ring (bicyclic) bond motifs is 1. The van der Waals surface area contributed by atoms with E-state index in [0.29, 0.717) is 44.8 Å². The molecular formula is C13H21N5O3S. The lowest BCUT2D eigenvalue weighted by Gasteiger charge is -2.49. The summed E-state index contributed by atoms with van der Waals surface area (Å²) in [7, 11) is -3.23. The summed E-state index contributed by atoms with van der Waals surface area (Å²) in [4.78, 5) is 10.1. The van der Waals surface area contributed by atoms with Gasteiger partial charge in [0.1, 0.15) is 5.82 Å². The molecule has 9 heteroatoms. The summed E-state index contributed by atoms with van der Waals surface area (Å²) < 4.78 is 25.0. The summed E-state index contributed by atoms with van der Waals surface area (Å²) >= 11 is 0. The molecule has 2 fully saturated rings. The number of aromatic nitrogens is 2. The Morgan fingerprint density at radius 2 is 2.09 bits per heavy atom. The molecule has 2 atom stereocenters. The molecule has 3 rings (SSSR count). The monoisotopic (exact) mass is 327 g/mol. The number of nitrogens with zero attached hydrogens (tertiary/aromatic N) is 4. The highest BCUT2D eigenvalue weighted by Gasteiger charge is 2.46. The average Bonchev–Trinajstić information content (AvgIpc) is 2.45. The maximum atomic E-state index is 11.8. The third-order valence-corrected chi connectivity index (χ3v) is 5.96. The summed E-state index contributed by atoms with van der Waals surface area (Å²) in [6.45, 7) is 1.94. The van der Waals surface area contributed by atoms with Gasteiger partial charge in [0.2, 0.25) is 16.0 Å². The molecule has 2 aliphatic rings. The lowest BCUT2D eigenvalue weighted by atomic mass is 9.76. The summed E-state index contributed by atoms with van der Waals surface area (Å²) in [6, 6.07) is 1.78. The van der Waals surface area contributed by atoms with Crippen LogP contribution in [-0.2, 0) is 10.0 Å². The molecule has 0 aromatic carbocycles. The van der Waals surface area contributed by atoms with Crippen molar-refractivity contribution in [2.45, 2.75) is 18.4 Å². The Kier molecular flexibility index (Phi) is 3.74. The van der Waals surface area contributed by atoms with Crippen LogP contribution >= 0.6 is 0 Å². The van der Waals surface area contributed by atoms with Gasteiger partial charge in [-0.25, -0.2) is 17.7 Å². The fourth-order valence-electron chi connectivity index (χ4n) is 3.32. The summed E-state index contributed by atoms with van der Waals surface area (Å²) in [5.41, 5.74) is 4.82. The molecule has 8 nitrogen and oxygen atoms in total. The fraction of sp³-hybridized carbons (Fsp3) is 0.692. The van der Waals surface area contributed by atoms with Crippen LogP contribution in [0.2, 0.25) is 0 Å². The lowest BCUT2D eigenvalue weighted by Crippen LogP contribution is -2.60. The molecule has 1 aromatic rings. The maximum absolute atomic E-state index is 11.8. The zero-order valence-electron chi connectivity index (χ0n) is 12.5. The molecule has 3 heterocycles. The molecule has 2 saturated heterocycles. The van der Waals surface area contributed by atoms with E-state index in [4.69, 9.17) is 5.73 Å². The van der Waals surface area contributed by atoms with Crippen LogP contribution < -0.4 is 10.6 Å². The molecule has 1 aromatic heterocycles. The highest BCUT2D eigenvalue weighted by Crippen LogP contribution is 2.37. The van der Waals surface area contributed by atoms with Crippen LogP contribution in [0.3, 0.4) is 0 Å². The minimum atomic E-state index is -3.23. The second-order valence-corrected chi connectivity index (χ2v) is 8.12. The Bertz CT molecular complexity index is 667. The van der Waals surface area contributed by atoms with Crippen molar-refractivity contribution in [1.29, 1.82) is 0 Å². The summed E-state index contributed by atoms with van der Waals surface area (Å²) in [5, 5.41) is 10.8. The van der Waals surface area contributed by atoms with Gasteiger partial charge in [-0.2, -0.15) is 4.98 Å². The van der Waals surface area contributed by atoms with Crippen molar-refractivity contribution in [1.82, 2.24) is 14.3 Å². The SMILES string of the molecule is CS(=O)(=O)N1CC[C@@]2(O)CCN(c3ccnc(N)n3)C[C@H]2C1. The Balaban J connectivity index is 1.79. The van der Waals surface area contributed by atoms with E-state index in [1.165, 1.54) is 10.6 Å². The van der Waals surface area contributed by atoms with Crippen LogP contribution in [-0.4, -0.2) is 65.8 Å². The van der Waals surface area contributed by atoms with Gasteiger partial charge in [-0.3, -0.25) is 0 Å². The number of nitrogens with two attached hydrogens (primary N) is 1. The van der Waals surface area contributed by atoms with Gasteiger partial charge in [-0.05, 0) is 18.9 Å². The molecule has 0 bridgehead atoms. The van der Waals surface area contributed by atoms with E-state index in [9.17, 15) is 13.5 Å². The van der Waals surface area contributed by atoms with Crippen LogP contribution in [0.1, 0.15) is 12.8 Å². The van der Waals surface area contributed by atoms with Crippen LogP contribution in [0.25, 0.3) is 0 Å². The van der Waals surface area contributed by atoms with Gasteiger partial charge in [-0.15, -0.1) is 0 Å². The van der Waals surface area contributed by atoms with Gasteiger partial charge in [0.05, 0.1) is 11.9 Å². The normalized spacial score (nSPS) is 30.1. The largest absolute Gasteiger partial charge is 0.389 e. The van der Waals surface area contributed by atoms with E-state index in [1.807, 2.05) is 4.90 Å². The first-order valence-corrected chi connectivity index (χ1v) is 9.14. The van der Waals surface area contributed by atoms with Gasteiger partial charge in [0.15, 0.2) is 0 Å². The van der Waals surface area contributed by atoms with Gasteiger partial charge < -0.3 is 15.7 Å². The van der Waals surface area contributed by atoms with E-state index in [1.54, 1.807) is 12.3 Å². The minimum Gasteiger partial charge on any atom is -0.389 e. The Hall–Kier alpha value is -1.45. The van der Waals surface area contributed by atoms with E-state index >= 15 is 0 Å². The van der Waals surface area contributed by atoms with Crippen LogP contribution in [0.4, 0.5) is 11.8 Å². The third-order valence-electron chi connectivity index (χ3n) is 4.69. The van der Waals surface area contributed by atoms with Gasteiger partial charge >= 0.3 is 0 Å². The van der Waals surface area contributed by atoms with E-state index in [-0.39, 0.29) is 11.9 Å². The molecule has 3 N–H and O–H groups in total. The average molecular weight is 327 g/mol. The molecule has 0 spiro atoms. The van der Waals surface area contributed by atoms with Gasteiger partial charge in [0.25, 0.3) is 0 Å². The van der Waals surface area contributed by atoms with E-state index < -0.39 is 15.6 Å². The lowest BCUT2D eigenvalue weighted by molar-refractivity contribution is -0.0688. The standard InChI is InChI=1S/C13H21N5O3S/c1-22(20,21)18-7-4-13(19)3-6-17(8-10(13)9-18)11-2-5-15-12(14)16-11/h2,5,10,19H,3-4,6-9H2,1H3,(H2,14,15,16)/t10-,13-/m0/s1. The fourth-order valence-corrected chi connectivity index (χ4v) is 4.19. The molecule has 0 saturated carbocycles. The highest BCUT2D eigenvalue weighted by molar-refractivity contribution is 7.88. The number of nitrogen functional groups attached to an aromatic ring is 1. The second-order valence-electron chi connectivity index (χ2n) is 6.14. The minimum absolute atomic E-state index is 0.138. The quantitative estimate of drug-likeness (QED) is 0.737. The first-order valence-electron chi connectivity index (χ1n) is 7.29. The first kappa shape index (κ1) is 15.4. The predicted octanol–water partition coefficient (Wildman–Crippen LogP) is -0.718. The number of rotatable bonds is 2. The van der Waals surface area contributed by atoms with E-state index in [0.717, 1.165) is 0 Å². The summed E-state index contributed by atoms with van der Waals surface area (Å²) in [6.07, 6.45) is 3.88. The van der Waals surface area contributed by atoms with Crippen molar-refractivity contribution in [2.24, 2.45) is 5.92 Å². The molecule has 0 radical (unpaired) electrons. The molecule has 2 aliphatic heterocycles. The van der Waals surface area contributed by atoms with Crippen molar-refractivity contribution in [3.8, 4) is 0 Å². The number of anilines is 2. The Morgan fingerprint density at radius 3 is 2.77 bits per heavy atom. The van der Waals surface area contributed by atoms with Crippen molar-refractivity contribution < 1.29 is 13.5 Å². The van der Waals surface area contributed by atoms with Crippen molar-refractivity contribution in [2.75, 3.05) is 43.1 Å². The predicted molar refractivity (Wildman–Crippen MR) is 82.7 cm³/mol. The molecule has 22 heavy (non-hydrogen) atoms. The Morgan fingerprint density at radius 1 is 1.36 bits per heavy atom. The van der Waals surface area contributed by atoms with Crippen LogP contribution in [0.15, 0.2) is 12.3 Å². The third kappa shape index (κ3) is 2.88. The number of sulfonamides is 1. The second kappa shape index (κ2) is 5.32. The number of hydrogen-bond donors (Lipinski definition) is 2. The van der Waals surface area contributed by atoms with Crippen molar-refractivity contribution in [3.05, 3.63) is 12.3 Å².